The third-order valence-corrected chi connectivity index (χ3v) is 4.28. The van der Waals surface area contributed by atoms with Crippen molar-refractivity contribution in [2.24, 2.45) is 0 Å². The van der Waals surface area contributed by atoms with E-state index in [-0.39, 0.29) is 0 Å². The molecule has 0 radical (unpaired) electrons. The molecule has 1 unspecified atom stereocenters. The molecular weight excluding hydrogens is 240 g/mol. The zero-order valence-electron chi connectivity index (χ0n) is 11.5. The number of fused-ring (bicyclic) bond motifs is 2. The van der Waals surface area contributed by atoms with Crippen molar-refractivity contribution in [1.29, 1.82) is 0 Å². The minimum absolute atomic E-state index is 0.400. The summed E-state index contributed by atoms with van der Waals surface area (Å²) in [6, 6.07) is 24.0. The van der Waals surface area contributed by atoms with Crippen molar-refractivity contribution in [1.82, 2.24) is 0 Å². The zero-order chi connectivity index (χ0) is 13.5. The van der Waals surface area contributed by atoms with Crippen molar-refractivity contribution in [3.8, 4) is 0 Å². The van der Waals surface area contributed by atoms with Crippen molar-refractivity contribution in [3.63, 3.8) is 0 Å². The fraction of sp³-hybridized carbons (Fsp3) is 0.100. The van der Waals surface area contributed by atoms with E-state index in [0.29, 0.717) is 5.92 Å². The lowest BCUT2D eigenvalue weighted by atomic mass is 9.86. The summed E-state index contributed by atoms with van der Waals surface area (Å²) < 4.78 is 0. The molecular formula is C20H16. The number of benzene rings is 3. The minimum Gasteiger partial charge on any atom is -0.0619 e. The largest absolute Gasteiger partial charge is 0.0619 e. The van der Waals surface area contributed by atoms with Crippen LogP contribution < -0.4 is 0 Å². The number of hydrogen-bond acceptors (Lipinski definition) is 0. The van der Waals surface area contributed by atoms with E-state index in [1.165, 1.54) is 33.0 Å². The van der Waals surface area contributed by atoms with E-state index < -0.39 is 0 Å². The highest BCUT2D eigenvalue weighted by Gasteiger charge is 2.24. The van der Waals surface area contributed by atoms with E-state index in [0.717, 1.165) is 0 Å². The van der Waals surface area contributed by atoms with Gasteiger partial charge in [-0.1, -0.05) is 78.4 Å². The van der Waals surface area contributed by atoms with Crippen LogP contribution in [0.5, 0.6) is 0 Å². The van der Waals surface area contributed by atoms with Crippen molar-refractivity contribution in [2.45, 2.75) is 12.8 Å². The summed E-state index contributed by atoms with van der Waals surface area (Å²) in [7, 11) is 0. The van der Waals surface area contributed by atoms with Gasteiger partial charge in [-0.25, -0.2) is 0 Å². The van der Waals surface area contributed by atoms with Gasteiger partial charge in [0, 0.05) is 5.92 Å². The van der Waals surface area contributed by atoms with Crippen LogP contribution in [0.25, 0.3) is 16.8 Å². The van der Waals surface area contributed by atoms with Gasteiger partial charge in [-0.05, 0) is 34.4 Å². The molecule has 0 saturated carbocycles. The maximum absolute atomic E-state index is 2.32. The molecule has 0 aliphatic heterocycles. The average molecular weight is 256 g/mol. The Morgan fingerprint density at radius 1 is 0.700 bits per heavy atom. The van der Waals surface area contributed by atoms with Crippen molar-refractivity contribution in [3.05, 3.63) is 89.0 Å². The second-order valence-electron chi connectivity index (χ2n) is 5.52. The van der Waals surface area contributed by atoms with E-state index in [1.807, 2.05) is 0 Å². The highest BCUT2D eigenvalue weighted by molar-refractivity contribution is 5.88. The fourth-order valence-corrected chi connectivity index (χ4v) is 3.39. The van der Waals surface area contributed by atoms with Crippen molar-refractivity contribution in [2.75, 3.05) is 0 Å². The molecule has 0 nitrogen and oxygen atoms in total. The number of allylic oxidation sites excluding steroid dienone is 1. The topological polar surface area (TPSA) is 0 Å². The smallest absolute Gasteiger partial charge is 0.0311 e. The molecule has 1 aliphatic carbocycles. The van der Waals surface area contributed by atoms with Gasteiger partial charge in [-0.15, -0.1) is 0 Å². The van der Waals surface area contributed by atoms with Crippen LogP contribution in [-0.4, -0.2) is 0 Å². The standard InChI is InChI=1S/C20H16/c1-14-13-16-8-3-5-11-18(16)20(14)19-12-6-9-15-7-2-4-10-17(15)19/h2-13,20H,1H3. The molecule has 20 heavy (non-hydrogen) atoms. The second-order valence-corrected chi connectivity index (χ2v) is 5.52. The summed E-state index contributed by atoms with van der Waals surface area (Å²) in [5, 5.41) is 2.69. The third-order valence-electron chi connectivity index (χ3n) is 4.28. The number of rotatable bonds is 1. The molecule has 0 amide bonds. The lowest BCUT2D eigenvalue weighted by Crippen LogP contribution is -2.00. The van der Waals surface area contributed by atoms with Gasteiger partial charge in [0.25, 0.3) is 0 Å². The Morgan fingerprint density at radius 2 is 1.40 bits per heavy atom. The van der Waals surface area contributed by atoms with E-state index in [1.54, 1.807) is 0 Å². The highest BCUT2D eigenvalue weighted by Crippen LogP contribution is 2.42. The molecule has 0 fully saturated rings. The molecule has 0 saturated heterocycles. The molecule has 1 aliphatic rings. The summed E-state index contributed by atoms with van der Waals surface area (Å²) in [6.45, 7) is 2.24. The zero-order valence-corrected chi connectivity index (χ0v) is 11.5. The molecule has 0 heterocycles. The molecule has 0 N–H and O–H groups in total. The predicted molar refractivity (Wildman–Crippen MR) is 85.9 cm³/mol. The lowest BCUT2D eigenvalue weighted by Gasteiger charge is -2.17. The van der Waals surface area contributed by atoms with E-state index >= 15 is 0 Å². The summed E-state index contributed by atoms with van der Waals surface area (Å²) in [5.41, 5.74) is 5.65. The van der Waals surface area contributed by atoms with Crippen LogP contribution in [0, 0.1) is 0 Å². The normalized spacial score (nSPS) is 17.1. The Balaban J connectivity index is 1.99. The van der Waals surface area contributed by atoms with Gasteiger partial charge >= 0.3 is 0 Å². The SMILES string of the molecule is CC1=Cc2ccccc2C1c1cccc2ccccc12. The molecule has 1 atom stereocenters. The first-order valence-electron chi connectivity index (χ1n) is 7.09. The van der Waals surface area contributed by atoms with E-state index in [9.17, 15) is 0 Å². The fourth-order valence-electron chi connectivity index (χ4n) is 3.39. The van der Waals surface area contributed by atoms with Gasteiger partial charge in [-0.2, -0.15) is 0 Å². The Hall–Kier alpha value is -2.34. The monoisotopic (exact) mass is 256 g/mol. The van der Waals surface area contributed by atoms with Crippen LogP contribution in [0.4, 0.5) is 0 Å². The average Bonchev–Trinajstić information content (AvgIpc) is 2.82. The Labute approximate surface area is 119 Å². The summed E-state index contributed by atoms with van der Waals surface area (Å²) >= 11 is 0. The van der Waals surface area contributed by atoms with Crippen molar-refractivity contribution >= 4 is 16.8 Å². The van der Waals surface area contributed by atoms with Gasteiger partial charge in [0.15, 0.2) is 0 Å². The third kappa shape index (κ3) is 1.61. The molecule has 4 rings (SSSR count). The van der Waals surface area contributed by atoms with Crippen LogP contribution in [0.15, 0.2) is 72.3 Å². The Kier molecular flexibility index (Phi) is 2.50. The predicted octanol–water partition coefficient (Wildman–Crippen LogP) is 5.39. The van der Waals surface area contributed by atoms with Gasteiger partial charge in [0.05, 0.1) is 0 Å². The first-order valence-corrected chi connectivity index (χ1v) is 7.09. The molecule has 0 bridgehead atoms. The van der Waals surface area contributed by atoms with E-state index in [4.69, 9.17) is 0 Å². The minimum atomic E-state index is 0.400. The summed E-state index contributed by atoms with van der Waals surface area (Å²) in [4.78, 5) is 0. The highest BCUT2D eigenvalue weighted by atomic mass is 14.3. The van der Waals surface area contributed by atoms with Gasteiger partial charge in [0.1, 0.15) is 0 Å². The van der Waals surface area contributed by atoms with Gasteiger partial charge < -0.3 is 0 Å². The molecule has 0 heteroatoms. The van der Waals surface area contributed by atoms with Gasteiger partial charge in [-0.3, -0.25) is 0 Å². The van der Waals surface area contributed by atoms with Crippen molar-refractivity contribution < 1.29 is 0 Å². The van der Waals surface area contributed by atoms with Crippen LogP contribution in [0.1, 0.15) is 29.5 Å². The molecule has 96 valence electrons. The first kappa shape index (κ1) is 11.5. The molecule has 0 spiro atoms. The van der Waals surface area contributed by atoms with Crippen LogP contribution in [0.2, 0.25) is 0 Å². The first-order chi connectivity index (χ1) is 9.84. The van der Waals surface area contributed by atoms with Gasteiger partial charge in [0.2, 0.25) is 0 Å². The summed E-state index contributed by atoms with van der Waals surface area (Å²) in [5.74, 6) is 0.400. The maximum atomic E-state index is 2.32. The number of hydrogen-bond donors (Lipinski definition) is 0. The maximum Gasteiger partial charge on any atom is 0.0311 e. The molecule has 3 aromatic carbocycles. The molecule has 3 aromatic rings. The quantitative estimate of drug-likeness (QED) is 0.547. The van der Waals surface area contributed by atoms with Crippen LogP contribution >= 0.6 is 0 Å². The van der Waals surface area contributed by atoms with E-state index in [2.05, 4.69) is 79.7 Å². The second kappa shape index (κ2) is 4.35. The van der Waals surface area contributed by atoms with Crippen LogP contribution in [-0.2, 0) is 0 Å². The molecule has 0 aromatic heterocycles. The lowest BCUT2D eigenvalue weighted by molar-refractivity contribution is 0.988. The van der Waals surface area contributed by atoms with Crippen LogP contribution in [0.3, 0.4) is 0 Å². The Morgan fingerprint density at radius 3 is 2.35 bits per heavy atom. The Bertz CT molecular complexity index is 819. The summed E-state index contributed by atoms with van der Waals surface area (Å²) in [6.07, 6.45) is 2.32.